The molecule has 2 fully saturated rings. The summed E-state index contributed by atoms with van der Waals surface area (Å²) in [5, 5.41) is 3.06. The van der Waals surface area contributed by atoms with Crippen LogP contribution >= 0.6 is 0 Å². The average Bonchev–Trinajstić information content (AvgIpc) is 3.12. The van der Waals surface area contributed by atoms with E-state index >= 15 is 0 Å². The van der Waals surface area contributed by atoms with Crippen molar-refractivity contribution in [2.24, 2.45) is 7.05 Å². The predicted octanol–water partition coefficient (Wildman–Crippen LogP) is 2.65. The van der Waals surface area contributed by atoms with Crippen LogP contribution in [0.4, 0.5) is 4.39 Å². The highest BCUT2D eigenvalue weighted by Gasteiger charge is 2.37. The summed E-state index contributed by atoms with van der Waals surface area (Å²) in [6.07, 6.45) is 0.132. The van der Waals surface area contributed by atoms with Crippen molar-refractivity contribution >= 4 is 22.8 Å². The molecule has 0 saturated carbocycles. The number of imide groups is 1. The Morgan fingerprint density at radius 3 is 2.54 bits per heavy atom. The van der Waals surface area contributed by atoms with Gasteiger partial charge in [0.05, 0.1) is 24.7 Å². The first-order valence-electron chi connectivity index (χ1n) is 11.9. The number of hydrogen-bond acceptors (Lipinski definition) is 5. The molecule has 2 aliphatic rings. The molecule has 3 heterocycles. The Hall–Kier alpha value is -3.46. The van der Waals surface area contributed by atoms with Crippen molar-refractivity contribution in [1.82, 2.24) is 19.4 Å². The van der Waals surface area contributed by atoms with Gasteiger partial charge in [-0.1, -0.05) is 18.2 Å². The number of amides is 2. The lowest BCUT2D eigenvalue weighted by molar-refractivity contribution is -0.151. The van der Waals surface area contributed by atoms with E-state index in [2.05, 4.69) is 5.32 Å². The minimum atomic E-state index is -0.988. The van der Waals surface area contributed by atoms with Gasteiger partial charge in [0.1, 0.15) is 18.0 Å². The number of aromatic nitrogens is 2. The van der Waals surface area contributed by atoms with Crippen molar-refractivity contribution in [3.63, 3.8) is 0 Å². The fourth-order valence-corrected chi connectivity index (χ4v) is 5.25. The summed E-state index contributed by atoms with van der Waals surface area (Å²) < 4.78 is 22.7. The van der Waals surface area contributed by atoms with Gasteiger partial charge < -0.3 is 10.1 Å². The van der Waals surface area contributed by atoms with E-state index in [1.54, 1.807) is 32.4 Å². The average molecular weight is 481 g/mol. The SMILES string of the molecule is COc1ccc(CN2C(=O)CCC(n3c(=O)n(C)c4cc(C5CCNCC5F)ccc43)C2=O)cc1. The number of nitrogens with zero attached hydrogens (tertiary/aromatic N) is 3. The van der Waals surface area contributed by atoms with Gasteiger partial charge in [-0.25, -0.2) is 9.18 Å². The van der Waals surface area contributed by atoms with Crippen molar-refractivity contribution in [2.45, 2.75) is 43.9 Å². The Morgan fingerprint density at radius 1 is 1.06 bits per heavy atom. The number of imidazole rings is 1. The van der Waals surface area contributed by atoms with E-state index in [1.165, 1.54) is 14.0 Å². The Balaban J connectivity index is 1.47. The summed E-state index contributed by atoms with van der Waals surface area (Å²) in [5.74, 6) is -0.184. The number of alkyl halides is 1. The molecule has 35 heavy (non-hydrogen) atoms. The van der Waals surface area contributed by atoms with Gasteiger partial charge in [0.25, 0.3) is 5.91 Å². The minimum absolute atomic E-state index is 0.134. The molecule has 0 spiro atoms. The Kier molecular flexibility index (Phi) is 6.19. The molecular weight excluding hydrogens is 451 g/mol. The Bertz CT molecular complexity index is 1330. The standard InChI is InChI=1S/C26H29FN4O4/c1-29-23-13-17(19-11-12-28-14-20(19)27)5-8-21(23)31(26(29)34)22-9-10-24(32)30(25(22)33)15-16-3-6-18(35-2)7-4-16/h3-8,13,19-20,22,28H,9-12,14-15H2,1-2H3. The van der Waals surface area contributed by atoms with Gasteiger partial charge in [0.15, 0.2) is 0 Å². The number of halogens is 1. The molecule has 2 saturated heterocycles. The highest BCUT2D eigenvalue weighted by atomic mass is 19.1. The van der Waals surface area contributed by atoms with Crippen LogP contribution < -0.4 is 15.7 Å². The number of hydrogen-bond donors (Lipinski definition) is 1. The highest BCUT2D eigenvalue weighted by molar-refractivity contribution is 6.00. The molecule has 2 aromatic carbocycles. The normalized spacial score (nSPS) is 23.2. The quantitative estimate of drug-likeness (QED) is 0.568. The number of ether oxygens (including phenoxy) is 1. The number of likely N-dealkylation sites (tertiary alicyclic amines) is 1. The fraction of sp³-hybridized carbons (Fsp3) is 0.423. The molecule has 5 rings (SSSR count). The van der Waals surface area contributed by atoms with Crippen molar-refractivity contribution in [3.05, 3.63) is 64.1 Å². The first-order chi connectivity index (χ1) is 16.9. The zero-order valence-electron chi connectivity index (χ0n) is 19.9. The summed E-state index contributed by atoms with van der Waals surface area (Å²) in [5.41, 5.74) is 2.60. The van der Waals surface area contributed by atoms with Gasteiger partial charge >= 0.3 is 5.69 Å². The molecule has 8 nitrogen and oxygen atoms in total. The van der Waals surface area contributed by atoms with E-state index in [0.717, 1.165) is 17.7 Å². The molecule has 0 aliphatic carbocycles. The van der Waals surface area contributed by atoms with Crippen molar-refractivity contribution in [1.29, 1.82) is 0 Å². The lowest BCUT2D eigenvalue weighted by atomic mass is 9.88. The number of carbonyl (C=O) groups is 2. The highest BCUT2D eigenvalue weighted by Crippen LogP contribution is 2.32. The number of carbonyl (C=O) groups excluding carboxylic acids is 2. The van der Waals surface area contributed by atoms with Crippen LogP contribution in [0.5, 0.6) is 5.75 Å². The monoisotopic (exact) mass is 480 g/mol. The second-order valence-corrected chi connectivity index (χ2v) is 9.30. The van der Waals surface area contributed by atoms with Crippen LogP contribution in [0.3, 0.4) is 0 Å². The number of methoxy groups -OCH3 is 1. The fourth-order valence-electron chi connectivity index (χ4n) is 5.25. The van der Waals surface area contributed by atoms with E-state index < -0.39 is 18.1 Å². The van der Waals surface area contributed by atoms with Crippen LogP contribution in [0.25, 0.3) is 11.0 Å². The number of nitrogens with one attached hydrogen (secondary N) is 1. The molecule has 0 radical (unpaired) electrons. The lowest BCUT2D eigenvalue weighted by Crippen LogP contribution is -2.47. The van der Waals surface area contributed by atoms with Crippen LogP contribution in [0.15, 0.2) is 47.3 Å². The van der Waals surface area contributed by atoms with E-state index in [4.69, 9.17) is 4.74 Å². The largest absolute Gasteiger partial charge is 0.497 e. The molecule has 0 bridgehead atoms. The van der Waals surface area contributed by atoms with Gasteiger partial charge in [0, 0.05) is 25.9 Å². The van der Waals surface area contributed by atoms with Crippen LogP contribution in [-0.2, 0) is 23.2 Å². The third kappa shape index (κ3) is 4.14. The molecule has 3 aromatic rings. The molecule has 2 amide bonds. The minimum Gasteiger partial charge on any atom is -0.497 e. The number of aryl methyl sites for hydroxylation is 1. The van der Waals surface area contributed by atoms with Crippen LogP contribution in [0.2, 0.25) is 0 Å². The molecule has 9 heteroatoms. The molecule has 1 N–H and O–H groups in total. The lowest BCUT2D eigenvalue weighted by Gasteiger charge is -2.31. The Labute approximate surface area is 202 Å². The Morgan fingerprint density at radius 2 is 1.83 bits per heavy atom. The third-order valence-corrected chi connectivity index (χ3v) is 7.24. The second-order valence-electron chi connectivity index (χ2n) is 9.30. The summed E-state index contributed by atoms with van der Waals surface area (Å²) in [6, 6.07) is 11.9. The van der Waals surface area contributed by atoms with Crippen molar-refractivity contribution < 1.29 is 18.7 Å². The maximum atomic E-state index is 14.5. The molecule has 1 aromatic heterocycles. The van der Waals surface area contributed by atoms with Crippen LogP contribution in [0.1, 0.15) is 42.3 Å². The third-order valence-electron chi connectivity index (χ3n) is 7.24. The maximum absolute atomic E-state index is 14.5. The molecule has 2 aliphatic heterocycles. The number of rotatable bonds is 5. The summed E-state index contributed by atoms with van der Waals surface area (Å²) in [7, 11) is 3.23. The summed E-state index contributed by atoms with van der Waals surface area (Å²) in [4.78, 5) is 40.7. The van der Waals surface area contributed by atoms with Gasteiger partial charge in [-0.15, -0.1) is 0 Å². The first-order valence-corrected chi connectivity index (χ1v) is 11.9. The molecule has 3 atom stereocenters. The zero-order chi connectivity index (χ0) is 24.7. The van der Waals surface area contributed by atoms with E-state index in [-0.39, 0.29) is 36.9 Å². The summed E-state index contributed by atoms with van der Waals surface area (Å²) >= 11 is 0. The van der Waals surface area contributed by atoms with Gasteiger partial charge in [-0.2, -0.15) is 0 Å². The molecule has 3 unspecified atom stereocenters. The maximum Gasteiger partial charge on any atom is 0.329 e. The van der Waals surface area contributed by atoms with E-state index in [0.29, 0.717) is 29.7 Å². The van der Waals surface area contributed by atoms with Gasteiger partial charge in [-0.3, -0.25) is 23.6 Å². The number of benzene rings is 2. The topological polar surface area (TPSA) is 85.6 Å². The van der Waals surface area contributed by atoms with Gasteiger partial charge in [0.2, 0.25) is 5.91 Å². The number of fused-ring (bicyclic) bond motifs is 1. The van der Waals surface area contributed by atoms with E-state index in [9.17, 15) is 18.8 Å². The van der Waals surface area contributed by atoms with Crippen LogP contribution in [-0.4, -0.2) is 52.2 Å². The van der Waals surface area contributed by atoms with Crippen molar-refractivity contribution in [2.75, 3.05) is 20.2 Å². The zero-order valence-corrected chi connectivity index (χ0v) is 19.9. The predicted molar refractivity (Wildman–Crippen MR) is 129 cm³/mol. The number of piperidine rings is 2. The smallest absolute Gasteiger partial charge is 0.329 e. The van der Waals surface area contributed by atoms with Crippen LogP contribution in [0, 0.1) is 0 Å². The van der Waals surface area contributed by atoms with E-state index in [1.807, 2.05) is 24.3 Å². The molecule has 184 valence electrons. The van der Waals surface area contributed by atoms with Gasteiger partial charge in [-0.05, 0) is 54.8 Å². The summed E-state index contributed by atoms with van der Waals surface area (Å²) in [6.45, 7) is 1.20. The second kappa shape index (κ2) is 9.30. The first kappa shape index (κ1) is 23.3. The molecular formula is C26H29FN4O4. The van der Waals surface area contributed by atoms with Crippen molar-refractivity contribution in [3.8, 4) is 5.75 Å².